The molecule has 3 amide bonds. The number of aromatic nitrogens is 2. The zero-order valence-corrected chi connectivity index (χ0v) is 16.8. The van der Waals surface area contributed by atoms with Gasteiger partial charge in [0, 0.05) is 31.3 Å². The molecule has 1 aromatic heterocycles. The number of hydrogen-bond acceptors (Lipinski definition) is 5. The van der Waals surface area contributed by atoms with Crippen LogP contribution in [-0.4, -0.2) is 63.1 Å². The molecule has 0 bridgehead atoms. The Balaban J connectivity index is 1.56. The van der Waals surface area contributed by atoms with Crippen LogP contribution in [-0.2, 0) is 30.5 Å². The van der Waals surface area contributed by atoms with Crippen LogP contribution in [0.3, 0.4) is 0 Å². The maximum absolute atomic E-state index is 13.5. The van der Waals surface area contributed by atoms with E-state index >= 15 is 0 Å². The highest BCUT2D eigenvalue weighted by Gasteiger charge is 2.36. The summed E-state index contributed by atoms with van der Waals surface area (Å²) in [5, 5.41) is 17.2. The number of aliphatic hydroxyl groups is 1. The Morgan fingerprint density at radius 3 is 2.81 bits per heavy atom. The molecule has 1 atom stereocenters. The lowest BCUT2D eigenvalue weighted by molar-refractivity contribution is -0.159. The van der Waals surface area contributed by atoms with Crippen LogP contribution in [0, 0.1) is 5.82 Å². The second kappa shape index (κ2) is 8.06. The van der Waals surface area contributed by atoms with Crippen LogP contribution in [0.1, 0.15) is 27.3 Å². The van der Waals surface area contributed by atoms with Crippen molar-refractivity contribution < 1.29 is 37.1 Å². The Morgan fingerprint density at radius 1 is 1.38 bits per heavy atom. The van der Waals surface area contributed by atoms with Crippen molar-refractivity contribution in [3.63, 3.8) is 0 Å². The average Bonchev–Trinajstić information content (AvgIpc) is 3.04. The summed E-state index contributed by atoms with van der Waals surface area (Å²) in [5.41, 5.74) is -0.355. The number of carbonyl (C=O) groups is 2. The van der Waals surface area contributed by atoms with Crippen LogP contribution in [0.5, 0.6) is 0 Å². The van der Waals surface area contributed by atoms with Gasteiger partial charge in [-0.25, -0.2) is 14.2 Å². The van der Waals surface area contributed by atoms with Gasteiger partial charge in [-0.15, -0.1) is 0 Å². The molecule has 0 aliphatic carbocycles. The van der Waals surface area contributed by atoms with E-state index in [4.69, 9.17) is 4.84 Å². The molecule has 172 valence electrons. The van der Waals surface area contributed by atoms with Crippen molar-refractivity contribution in [1.82, 2.24) is 19.7 Å². The number of hydroxylamine groups is 2. The Kier molecular flexibility index (Phi) is 5.54. The normalized spacial score (nSPS) is 18.8. The minimum atomic E-state index is -4.90. The van der Waals surface area contributed by atoms with Crippen LogP contribution < -0.4 is 5.32 Å². The number of alkyl halides is 3. The lowest BCUT2D eigenvalue weighted by atomic mass is 10.1. The van der Waals surface area contributed by atoms with Gasteiger partial charge in [0.2, 0.25) is 0 Å². The second-order valence-electron chi connectivity index (χ2n) is 7.46. The molecular weight excluding hydrogens is 438 g/mol. The number of halogens is 4. The number of fused-ring (bicyclic) bond motifs is 3. The molecule has 13 heteroatoms. The summed E-state index contributed by atoms with van der Waals surface area (Å²) in [5.74, 6) is -1.93. The smallest absolute Gasteiger partial charge is 0.393 e. The minimum absolute atomic E-state index is 0.00675. The molecule has 0 unspecified atom stereocenters. The number of rotatable bonds is 2. The van der Waals surface area contributed by atoms with Crippen molar-refractivity contribution >= 4 is 17.6 Å². The molecule has 4 rings (SSSR count). The lowest BCUT2D eigenvalue weighted by Crippen LogP contribution is -2.39. The topological polar surface area (TPSA) is 99.9 Å². The molecule has 2 aliphatic heterocycles. The molecule has 3 heterocycles. The van der Waals surface area contributed by atoms with Gasteiger partial charge in [0.25, 0.3) is 5.91 Å². The zero-order chi connectivity index (χ0) is 23.2. The predicted octanol–water partition coefficient (Wildman–Crippen LogP) is 2.01. The zero-order valence-electron chi connectivity index (χ0n) is 16.8. The molecule has 0 fully saturated rings. The van der Waals surface area contributed by atoms with Gasteiger partial charge < -0.3 is 15.3 Å². The lowest BCUT2D eigenvalue weighted by Gasteiger charge is -2.27. The first-order chi connectivity index (χ1) is 15.1. The summed E-state index contributed by atoms with van der Waals surface area (Å²) < 4.78 is 53.7. The van der Waals surface area contributed by atoms with Crippen molar-refractivity contribution in [3.05, 3.63) is 46.5 Å². The standard InChI is InChI=1S/C19H19F4N5O4/c1-26-17(30)16-12-8-27(5-4-15(12)25-28(16)7-11(9-29)32-26)18(31)24-10-2-3-14(20)13(6-10)19(21,22)23/h2-3,6,11,29H,4-5,7-9H2,1H3,(H,24,31)/t11-/m0/s1. The van der Waals surface area contributed by atoms with E-state index in [-0.39, 0.29) is 37.6 Å². The van der Waals surface area contributed by atoms with Crippen LogP contribution in [0.15, 0.2) is 18.2 Å². The number of amides is 3. The first kappa shape index (κ1) is 22.0. The van der Waals surface area contributed by atoms with Crippen molar-refractivity contribution in [2.24, 2.45) is 0 Å². The van der Waals surface area contributed by atoms with Crippen LogP contribution >= 0.6 is 0 Å². The van der Waals surface area contributed by atoms with Gasteiger partial charge in [0.05, 0.1) is 31.0 Å². The number of nitrogens with zero attached hydrogens (tertiary/aromatic N) is 4. The molecule has 2 N–H and O–H groups in total. The van der Waals surface area contributed by atoms with Crippen LogP contribution in [0.4, 0.5) is 28.0 Å². The van der Waals surface area contributed by atoms with Gasteiger partial charge in [0.1, 0.15) is 17.6 Å². The second-order valence-corrected chi connectivity index (χ2v) is 7.46. The van der Waals surface area contributed by atoms with E-state index in [2.05, 4.69) is 10.4 Å². The number of urea groups is 1. The number of hydrogen-bond donors (Lipinski definition) is 2. The van der Waals surface area contributed by atoms with Crippen molar-refractivity contribution in [2.75, 3.05) is 25.5 Å². The van der Waals surface area contributed by atoms with Gasteiger partial charge >= 0.3 is 12.2 Å². The number of carbonyl (C=O) groups excluding carboxylic acids is 2. The van der Waals surface area contributed by atoms with E-state index in [9.17, 15) is 32.3 Å². The Hall–Kier alpha value is -3.19. The SMILES string of the molecule is CN1O[C@H](CO)Cn2nc3c(c2C1=O)CN(C(=O)Nc1ccc(F)c(C(F)(F)F)c1)CC3. The summed E-state index contributed by atoms with van der Waals surface area (Å²) in [4.78, 5) is 32.1. The quantitative estimate of drug-likeness (QED) is 0.673. The van der Waals surface area contributed by atoms with E-state index in [1.807, 2.05) is 0 Å². The van der Waals surface area contributed by atoms with E-state index in [0.29, 0.717) is 29.8 Å². The third-order valence-electron chi connectivity index (χ3n) is 5.29. The van der Waals surface area contributed by atoms with Gasteiger partial charge in [-0.05, 0) is 18.2 Å². The highest BCUT2D eigenvalue weighted by Crippen LogP contribution is 2.33. The van der Waals surface area contributed by atoms with Gasteiger partial charge in [0.15, 0.2) is 0 Å². The Labute approximate surface area is 179 Å². The molecule has 0 spiro atoms. The monoisotopic (exact) mass is 457 g/mol. The fourth-order valence-electron chi connectivity index (χ4n) is 3.73. The number of nitrogens with one attached hydrogen (secondary N) is 1. The van der Waals surface area contributed by atoms with Crippen molar-refractivity contribution in [1.29, 1.82) is 0 Å². The molecule has 2 aromatic rings. The van der Waals surface area contributed by atoms with E-state index in [1.54, 1.807) is 0 Å². The maximum Gasteiger partial charge on any atom is 0.419 e. The summed E-state index contributed by atoms with van der Waals surface area (Å²) in [6.07, 6.45) is -5.25. The molecule has 1 aromatic carbocycles. The number of benzene rings is 1. The van der Waals surface area contributed by atoms with Gasteiger partial charge in [-0.3, -0.25) is 14.3 Å². The summed E-state index contributed by atoms with van der Waals surface area (Å²) in [7, 11) is 1.40. The van der Waals surface area contributed by atoms with Crippen LogP contribution in [0.2, 0.25) is 0 Å². The summed E-state index contributed by atoms with van der Waals surface area (Å²) >= 11 is 0. The number of aliphatic hydroxyl groups excluding tert-OH is 1. The van der Waals surface area contributed by atoms with E-state index in [0.717, 1.165) is 11.1 Å². The molecule has 9 nitrogen and oxygen atoms in total. The summed E-state index contributed by atoms with van der Waals surface area (Å²) in [6.45, 7) is 0.0182. The van der Waals surface area contributed by atoms with Gasteiger partial charge in [-0.1, -0.05) is 0 Å². The highest BCUT2D eigenvalue weighted by atomic mass is 19.4. The fourth-order valence-corrected chi connectivity index (χ4v) is 3.73. The molecule has 0 saturated carbocycles. The highest BCUT2D eigenvalue weighted by molar-refractivity contribution is 5.94. The average molecular weight is 457 g/mol. The van der Waals surface area contributed by atoms with Crippen molar-refractivity contribution in [3.8, 4) is 0 Å². The number of anilines is 1. The Bertz CT molecular complexity index is 1070. The van der Waals surface area contributed by atoms with E-state index in [1.165, 1.54) is 16.6 Å². The van der Waals surface area contributed by atoms with Crippen molar-refractivity contribution in [2.45, 2.75) is 31.8 Å². The molecule has 2 aliphatic rings. The minimum Gasteiger partial charge on any atom is -0.393 e. The molecule has 0 radical (unpaired) electrons. The Morgan fingerprint density at radius 2 is 2.12 bits per heavy atom. The van der Waals surface area contributed by atoms with E-state index < -0.39 is 35.6 Å². The predicted molar refractivity (Wildman–Crippen MR) is 101 cm³/mol. The van der Waals surface area contributed by atoms with Crippen LogP contribution in [0.25, 0.3) is 0 Å². The molecule has 0 saturated heterocycles. The first-order valence-electron chi connectivity index (χ1n) is 9.65. The van der Waals surface area contributed by atoms with Gasteiger partial charge in [-0.2, -0.15) is 18.3 Å². The third kappa shape index (κ3) is 4.00. The molecule has 32 heavy (non-hydrogen) atoms. The summed E-state index contributed by atoms with van der Waals surface area (Å²) in [6, 6.07) is 1.50. The largest absolute Gasteiger partial charge is 0.419 e. The fraction of sp³-hybridized carbons (Fsp3) is 0.421. The first-order valence-corrected chi connectivity index (χ1v) is 9.65. The molecular formula is C19H19F4N5O4. The maximum atomic E-state index is 13.5. The third-order valence-corrected chi connectivity index (χ3v) is 5.29.